The van der Waals surface area contributed by atoms with Gasteiger partial charge < -0.3 is 5.32 Å². The molecule has 1 aliphatic rings. The van der Waals surface area contributed by atoms with E-state index in [2.05, 4.69) is 5.32 Å². The van der Waals surface area contributed by atoms with Crippen molar-refractivity contribution in [1.82, 2.24) is 4.31 Å². The predicted molar refractivity (Wildman–Crippen MR) is 118 cm³/mol. The second kappa shape index (κ2) is 9.47. The first-order chi connectivity index (χ1) is 13.8. The summed E-state index contributed by atoms with van der Waals surface area (Å²) in [5.41, 5.74) is 2.22. The first-order valence-electron chi connectivity index (χ1n) is 9.61. The van der Waals surface area contributed by atoms with Crippen molar-refractivity contribution in [2.75, 3.05) is 18.4 Å². The van der Waals surface area contributed by atoms with Gasteiger partial charge in [-0.25, -0.2) is 12.7 Å². The third-order valence-corrected chi connectivity index (χ3v) is 7.67. The molecule has 1 saturated heterocycles. The molecule has 0 unspecified atom stereocenters. The van der Waals surface area contributed by atoms with Crippen molar-refractivity contribution in [2.24, 2.45) is 5.92 Å². The molecule has 29 heavy (non-hydrogen) atoms. The molecule has 0 radical (unpaired) electrons. The van der Waals surface area contributed by atoms with Gasteiger partial charge in [-0.3, -0.25) is 4.79 Å². The molecule has 0 saturated carbocycles. The molecule has 0 bridgehead atoms. The van der Waals surface area contributed by atoms with Crippen LogP contribution in [0.25, 0.3) is 0 Å². The number of carbonyl (C=O) groups excluding carboxylic acids is 1. The van der Waals surface area contributed by atoms with Crippen LogP contribution >= 0.6 is 23.2 Å². The monoisotopic (exact) mass is 454 g/mol. The van der Waals surface area contributed by atoms with E-state index >= 15 is 0 Å². The molecule has 1 atom stereocenters. The van der Waals surface area contributed by atoms with Crippen LogP contribution < -0.4 is 5.32 Å². The molecule has 1 amide bonds. The van der Waals surface area contributed by atoms with E-state index < -0.39 is 15.9 Å². The number of anilines is 1. The second-order valence-corrected chi connectivity index (χ2v) is 9.94. The topological polar surface area (TPSA) is 66.5 Å². The number of carbonyl (C=O) groups is 1. The van der Waals surface area contributed by atoms with Crippen LogP contribution in [0.5, 0.6) is 0 Å². The summed E-state index contributed by atoms with van der Waals surface area (Å²) in [5, 5.41) is 3.61. The van der Waals surface area contributed by atoms with Gasteiger partial charge in [0.05, 0.1) is 11.7 Å². The highest BCUT2D eigenvalue weighted by Crippen LogP contribution is 2.29. The van der Waals surface area contributed by atoms with E-state index in [1.165, 1.54) is 4.31 Å². The van der Waals surface area contributed by atoms with E-state index in [1.807, 2.05) is 31.2 Å². The molecule has 3 rings (SSSR count). The number of nitrogens with one attached hydrogen (secondary N) is 1. The van der Waals surface area contributed by atoms with Crippen molar-refractivity contribution >= 4 is 44.8 Å². The Hall–Kier alpha value is -1.60. The molecule has 8 heteroatoms. The second-order valence-electron chi connectivity index (χ2n) is 7.15. The van der Waals surface area contributed by atoms with Crippen LogP contribution in [-0.4, -0.2) is 31.7 Å². The minimum Gasteiger partial charge on any atom is -0.326 e. The van der Waals surface area contributed by atoms with Crippen molar-refractivity contribution in [3.63, 3.8) is 0 Å². The fourth-order valence-electron chi connectivity index (χ4n) is 3.54. The fourth-order valence-corrected chi connectivity index (χ4v) is 5.90. The summed E-state index contributed by atoms with van der Waals surface area (Å²) in [4.78, 5) is 12.8. The minimum atomic E-state index is -3.65. The lowest BCUT2D eigenvalue weighted by atomic mass is 9.98. The van der Waals surface area contributed by atoms with Gasteiger partial charge in [-0.05, 0) is 43.0 Å². The van der Waals surface area contributed by atoms with Gasteiger partial charge in [-0.15, -0.1) is 0 Å². The van der Waals surface area contributed by atoms with Gasteiger partial charge in [-0.1, -0.05) is 54.4 Å². The highest BCUT2D eigenvalue weighted by Gasteiger charge is 2.33. The first-order valence-corrected chi connectivity index (χ1v) is 12.0. The molecule has 1 heterocycles. The van der Waals surface area contributed by atoms with Crippen molar-refractivity contribution < 1.29 is 13.2 Å². The number of hydrogen-bond acceptors (Lipinski definition) is 3. The molecular weight excluding hydrogens is 431 g/mol. The number of hydrogen-bond donors (Lipinski definition) is 1. The zero-order chi connectivity index (χ0) is 21.0. The van der Waals surface area contributed by atoms with Gasteiger partial charge in [0.2, 0.25) is 15.9 Å². The Bertz CT molecular complexity index is 975. The Balaban J connectivity index is 1.72. The zero-order valence-electron chi connectivity index (χ0n) is 16.2. The first kappa shape index (κ1) is 22.1. The largest absolute Gasteiger partial charge is 0.326 e. The number of aryl methyl sites for hydroxylation is 1. The number of halogens is 2. The SMILES string of the molecule is CCc1ccccc1NC(=O)[C@H]1CCCN(S(=O)(=O)Cc2c(Cl)cccc2Cl)C1. The van der Waals surface area contributed by atoms with E-state index in [0.717, 1.165) is 17.7 Å². The van der Waals surface area contributed by atoms with Crippen LogP contribution in [-0.2, 0) is 27.0 Å². The Morgan fingerprint density at radius 3 is 2.52 bits per heavy atom. The van der Waals surface area contributed by atoms with E-state index in [-0.39, 0.29) is 18.2 Å². The highest BCUT2D eigenvalue weighted by atomic mass is 35.5. The molecule has 2 aromatic rings. The molecule has 0 aromatic heterocycles. The maximum atomic E-state index is 13.0. The number of benzene rings is 2. The van der Waals surface area contributed by atoms with Crippen LogP contribution in [0.1, 0.15) is 30.9 Å². The molecule has 2 aromatic carbocycles. The van der Waals surface area contributed by atoms with Crippen LogP contribution in [0.2, 0.25) is 10.0 Å². The standard InChI is InChI=1S/C21H24Cl2N2O3S/c1-2-15-7-3-4-11-20(15)24-21(26)16-8-6-12-25(13-16)29(27,28)14-17-18(22)9-5-10-19(17)23/h3-5,7,9-11,16H,2,6,8,12-14H2,1H3,(H,24,26)/t16-/m0/s1. The normalized spacial score (nSPS) is 17.8. The lowest BCUT2D eigenvalue weighted by Gasteiger charge is -2.31. The average Bonchev–Trinajstić information content (AvgIpc) is 2.71. The number of para-hydroxylation sites is 1. The van der Waals surface area contributed by atoms with Crippen LogP contribution in [0, 0.1) is 5.92 Å². The summed E-state index contributed by atoms with van der Waals surface area (Å²) in [5.74, 6) is -0.829. The van der Waals surface area contributed by atoms with Crippen LogP contribution in [0.3, 0.4) is 0 Å². The van der Waals surface area contributed by atoms with Gasteiger partial charge in [0, 0.05) is 34.4 Å². The number of rotatable bonds is 6. The van der Waals surface area contributed by atoms with Crippen LogP contribution in [0.15, 0.2) is 42.5 Å². The summed E-state index contributed by atoms with van der Waals surface area (Å²) >= 11 is 12.3. The van der Waals surface area contributed by atoms with E-state index in [0.29, 0.717) is 35.0 Å². The molecule has 0 spiro atoms. The van der Waals surface area contributed by atoms with Gasteiger partial charge in [0.25, 0.3) is 0 Å². The van der Waals surface area contributed by atoms with E-state index in [4.69, 9.17) is 23.2 Å². The summed E-state index contributed by atoms with van der Waals surface area (Å²) in [7, 11) is -3.65. The third kappa shape index (κ3) is 5.31. The Labute approximate surface area is 182 Å². The van der Waals surface area contributed by atoms with E-state index in [9.17, 15) is 13.2 Å². The molecule has 5 nitrogen and oxygen atoms in total. The lowest BCUT2D eigenvalue weighted by Crippen LogP contribution is -2.44. The number of piperidine rings is 1. The van der Waals surface area contributed by atoms with Crippen molar-refractivity contribution in [3.05, 3.63) is 63.6 Å². The number of amides is 1. The lowest BCUT2D eigenvalue weighted by molar-refractivity contribution is -0.120. The summed E-state index contributed by atoms with van der Waals surface area (Å²) in [6.45, 7) is 2.57. The predicted octanol–water partition coefficient (Wildman–Crippen LogP) is 4.74. The van der Waals surface area contributed by atoms with Crippen molar-refractivity contribution in [3.8, 4) is 0 Å². The zero-order valence-corrected chi connectivity index (χ0v) is 18.5. The Morgan fingerprint density at radius 2 is 1.83 bits per heavy atom. The highest BCUT2D eigenvalue weighted by molar-refractivity contribution is 7.88. The molecule has 1 aliphatic heterocycles. The van der Waals surface area contributed by atoms with E-state index in [1.54, 1.807) is 18.2 Å². The number of nitrogens with zero attached hydrogens (tertiary/aromatic N) is 1. The molecule has 1 N–H and O–H groups in total. The molecular formula is C21H24Cl2N2O3S. The fraction of sp³-hybridized carbons (Fsp3) is 0.381. The maximum absolute atomic E-state index is 13.0. The average molecular weight is 455 g/mol. The van der Waals surface area contributed by atoms with Gasteiger partial charge in [0.1, 0.15) is 0 Å². The molecule has 156 valence electrons. The van der Waals surface area contributed by atoms with Crippen molar-refractivity contribution in [2.45, 2.75) is 31.9 Å². The van der Waals surface area contributed by atoms with Gasteiger partial charge in [0.15, 0.2) is 0 Å². The quantitative estimate of drug-likeness (QED) is 0.685. The van der Waals surface area contributed by atoms with Gasteiger partial charge >= 0.3 is 0 Å². The smallest absolute Gasteiger partial charge is 0.228 e. The number of sulfonamides is 1. The Morgan fingerprint density at radius 1 is 1.14 bits per heavy atom. The Kier molecular flexibility index (Phi) is 7.22. The molecule has 1 fully saturated rings. The van der Waals surface area contributed by atoms with Crippen LogP contribution in [0.4, 0.5) is 5.69 Å². The molecule has 0 aliphatic carbocycles. The summed E-state index contributed by atoms with van der Waals surface area (Å²) < 4.78 is 27.3. The van der Waals surface area contributed by atoms with Crippen molar-refractivity contribution in [1.29, 1.82) is 0 Å². The third-order valence-electron chi connectivity index (χ3n) is 5.19. The maximum Gasteiger partial charge on any atom is 0.228 e. The summed E-state index contributed by atoms with van der Waals surface area (Å²) in [6.07, 6.45) is 2.09. The minimum absolute atomic E-state index is 0.151. The summed E-state index contributed by atoms with van der Waals surface area (Å²) in [6, 6.07) is 12.6. The van der Waals surface area contributed by atoms with Gasteiger partial charge in [-0.2, -0.15) is 0 Å².